The van der Waals surface area contributed by atoms with Gasteiger partial charge < -0.3 is 9.30 Å². The van der Waals surface area contributed by atoms with Crippen molar-refractivity contribution in [3.63, 3.8) is 0 Å². The average molecular weight is 375 g/mol. The number of benzene rings is 2. The van der Waals surface area contributed by atoms with Gasteiger partial charge in [-0.2, -0.15) is 0 Å². The largest absolute Gasteiger partial charge is 0.489 e. The highest BCUT2D eigenvalue weighted by molar-refractivity contribution is 5.80. The Kier molecular flexibility index (Phi) is 5.03. The van der Waals surface area contributed by atoms with Gasteiger partial charge in [0, 0.05) is 26.0 Å². The summed E-state index contributed by atoms with van der Waals surface area (Å²) in [6.07, 6.45) is 2.31. The maximum Gasteiger partial charge on any atom is 0.250 e. The molecule has 0 saturated heterocycles. The van der Waals surface area contributed by atoms with Crippen molar-refractivity contribution in [2.24, 2.45) is 13.0 Å². The molecule has 144 valence electrons. The van der Waals surface area contributed by atoms with Crippen molar-refractivity contribution in [2.45, 2.75) is 38.7 Å². The Hall–Kier alpha value is -2.88. The number of aromatic nitrogens is 1. The second-order valence-corrected chi connectivity index (χ2v) is 7.85. The number of rotatable bonds is 4. The summed E-state index contributed by atoms with van der Waals surface area (Å²) in [6.45, 7) is 2.69. The number of nitrogens with zero attached hydrogens (tertiary/aromatic N) is 1. The minimum absolute atomic E-state index is 0.0104. The first-order valence-corrected chi connectivity index (χ1v) is 9.84. The fourth-order valence-electron chi connectivity index (χ4n) is 4.11. The van der Waals surface area contributed by atoms with E-state index in [1.807, 2.05) is 30.3 Å². The fourth-order valence-corrected chi connectivity index (χ4v) is 4.11. The molecule has 0 bridgehead atoms. The van der Waals surface area contributed by atoms with E-state index in [9.17, 15) is 9.59 Å². The number of carbonyl (C=O) groups is 1. The first kappa shape index (κ1) is 18.5. The van der Waals surface area contributed by atoms with Crippen LogP contribution in [0.4, 0.5) is 0 Å². The molecule has 1 saturated carbocycles. The fraction of sp³-hybridized carbons (Fsp3) is 0.333. The van der Waals surface area contributed by atoms with Crippen LogP contribution < -0.4 is 10.3 Å². The summed E-state index contributed by atoms with van der Waals surface area (Å²) in [4.78, 5) is 23.6. The molecule has 4 rings (SSSR count). The van der Waals surface area contributed by atoms with Crippen molar-refractivity contribution in [1.29, 1.82) is 0 Å². The van der Waals surface area contributed by atoms with Crippen molar-refractivity contribution < 1.29 is 9.53 Å². The highest BCUT2D eigenvalue weighted by atomic mass is 16.5. The van der Waals surface area contributed by atoms with E-state index in [1.165, 1.54) is 5.56 Å². The second kappa shape index (κ2) is 7.63. The van der Waals surface area contributed by atoms with Gasteiger partial charge in [0.25, 0.3) is 5.56 Å². The maximum atomic E-state index is 11.9. The van der Waals surface area contributed by atoms with Gasteiger partial charge in [0.15, 0.2) is 0 Å². The molecule has 4 heteroatoms. The van der Waals surface area contributed by atoms with Crippen molar-refractivity contribution in [1.82, 2.24) is 4.57 Å². The van der Waals surface area contributed by atoms with Gasteiger partial charge in [-0.05, 0) is 65.1 Å². The zero-order chi connectivity index (χ0) is 19.7. The molecule has 0 aliphatic heterocycles. The lowest BCUT2D eigenvalue weighted by Crippen LogP contribution is -2.21. The van der Waals surface area contributed by atoms with Gasteiger partial charge in [0.2, 0.25) is 0 Å². The zero-order valence-electron chi connectivity index (χ0n) is 16.4. The monoisotopic (exact) mass is 375 g/mol. The Bertz CT molecular complexity index is 1080. The molecule has 2 atom stereocenters. The Morgan fingerprint density at radius 3 is 2.79 bits per heavy atom. The van der Waals surface area contributed by atoms with E-state index in [0.29, 0.717) is 31.1 Å². The van der Waals surface area contributed by atoms with Gasteiger partial charge in [-0.15, -0.1) is 0 Å². The maximum absolute atomic E-state index is 11.9. The minimum atomic E-state index is -0.0104. The molecule has 28 heavy (non-hydrogen) atoms. The van der Waals surface area contributed by atoms with Crippen LogP contribution in [-0.4, -0.2) is 10.4 Å². The molecule has 0 radical (unpaired) electrons. The number of carbonyl (C=O) groups excluding carboxylic acids is 1. The summed E-state index contributed by atoms with van der Waals surface area (Å²) in [7, 11) is 1.78. The van der Waals surface area contributed by atoms with Crippen molar-refractivity contribution in [3.05, 3.63) is 76.1 Å². The number of ketones is 1. The van der Waals surface area contributed by atoms with Gasteiger partial charge >= 0.3 is 0 Å². The van der Waals surface area contributed by atoms with Gasteiger partial charge in [-0.3, -0.25) is 9.59 Å². The molecule has 1 aliphatic carbocycles. The Balaban J connectivity index is 1.51. The molecular formula is C24H25NO3. The summed E-state index contributed by atoms with van der Waals surface area (Å²) in [6, 6.07) is 17.6. The lowest BCUT2D eigenvalue weighted by Gasteiger charge is -2.28. The van der Waals surface area contributed by atoms with Crippen LogP contribution in [0.1, 0.15) is 43.2 Å². The van der Waals surface area contributed by atoms with Crippen molar-refractivity contribution in [2.75, 3.05) is 0 Å². The predicted molar refractivity (Wildman–Crippen MR) is 111 cm³/mol. The molecule has 1 aliphatic rings. The third kappa shape index (κ3) is 3.72. The standard InChI is InChI=1S/C24H25NO3/c1-16-6-9-20(26)14-22(16)18-4-3-5-21(13-18)28-15-17-7-10-23-19(12-17)8-11-24(27)25(23)2/h3-5,7-8,10-13,16,22H,6,9,14-15H2,1-2H3. The molecule has 2 aromatic carbocycles. The Morgan fingerprint density at radius 1 is 1.07 bits per heavy atom. The van der Waals surface area contributed by atoms with Crippen LogP contribution in [-0.2, 0) is 18.4 Å². The Morgan fingerprint density at radius 2 is 1.93 bits per heavy atom. The van der Waals surface area contributed by atoms with Crippen molar-refractivity contribution >= 4 is 16.7 Å². The summed E-state index contributed by atoms with van der Waals surface area (Å²) in [5.41, 5.74) is 3.14. The normalized spacial score (nSPS) is 19.7. The number of ether oxygens (including phenoxy) is 1. The lowest BCUT2D eigenvalue weighted by atomic mass is 9.76. The predicted octanol–water partition coefficient (Wildman–Crippen LogP) is 4.59. The summed E-state index contributed by atoms with van der Waals surface area (Å²) in [5, 5.41) is 1.02. The van der Waals surface area contributed by atoms with E-state index < -0.39 is 0 Å². The highest BCUT2D eigenvalue weighted by Crippen LogP contribution is 2.37. The van der Waals surface area contributed by atoms with Crippen LogP contribution in [0.15, 0.2) is 59.4 Å². The Labute approximate surface area is 164 Å². The summed E-state index contributed by atoms with van der Waals surface area (Å²) >= 11 is 0. The molecule has 2 unspecified atom stereocenters. The summed E-state index contributed by atoms with van der Waals surface area (Å²) < 4.78 is 7.68. The van der Waals surface area contributed by atoms with E-state index in [4.69, 9.17) is 4.74 Å². The van der Waals surface area contributed by atoms with Gasteiger partial charge in [-0.1, -0.05) is 25.1 Å². The van der Waals surface area contributed by atoms with Crippen LogP contribution in [0, 0.1) is 5.92 Å². The molecule has 1 fully saturated rings. The molecular weight excluding hydrogens is 350 g/mol. The number of Topliss-reactive ketones (excluding diaryl/α,β-unsaturated/α-hetero) is 1. The van der Waals surface area contributed by atoms with E-state index in [2.05, 4.69) is 25.1 Å². The molecule has 0 spiro atoms. The number of hydrogen-bond acceptors (Lipinski definition) is 3. The summed E-state index contributed by atoms with van der Waals surface area (Å²) in [5.74, 6) is 1.98. The van der Waals surface area contributed by atoms with Crippen LogP contribution in [0.3, 0.4) is 0 Å². The number of hydrogen-bond donors (Lipinski definition) is 0. The molecule has 3 aromatic rings. The van der Waals surface area contributed by atoms with E-state index >= 15 is 0 Å². The molecule has 0 N–H and O–H groups in total. The van der Waals surface area contributed by atoms with E-state index in [0.717, 1.165) is 28.6 Å². The van der Waals surface area contributed by atoms with E-state index in [1.54, 1.807) is 17.7 Å². The lowest BCUT2D eigenvalue weighted by molar-refractivity contribution is -0.121. The second-order valence-electron chi connectivity index (χ2n) is 7.85. The number of aryl methyl sites for hydroxylation is 1. The first-order valence-electron chi connectivity index (χ1n) is 9.84. The van der Waals surface area contributed by atoms with Crippen LogP contribution >= 0.6 is 0 Å². The van der Waals surface area contributed by atoms with Crippen LogP contribution in [0.2, 0.25) is 0 Å². The first-order chi connectivity index (χ1) is 13.5. The minimum Gasteiger partial charge on any atom is -0.489 e. The molecule has 4 nitrogen and oxygen atoms in total. The molecule has 0 amide bonds. The number of fused-ring (bicyclic) bond motifs is 1. The number of pyridine rings is 1. The topological polar surface area (TPSA) is 48.3 Å². The quantitative estimate of drug-likeness (QED) is 0.670. The SMILES string of the molecule is CC1CCC(=O)CC1c1cccc(OCc2ccc3c(ccc(=O)n3C)c2)c1. The van der Waals surface area contributed by atoms with Gasteiger partial charge in [-0.25, -0.2) is 0 Å². The third-order valence-electron chi connectivity index (χ3n) is 5.89. The highest BCUT2D eigenvalue weighted by Gasteiger charge is 2.27. The van der Waals surface area contributed by atoms with Crippen LogP contribution in [0.5, 0.6) is 5.75 Å². The van der Waals surface area contributed by atoms with Crippen LogP contribution in [0.25, 0.3) is 10.9 Å². The molecule has 1 aromatic heterocycles. The zero-order valence-corrected chi connectivity index (χ0v) is 16.4. The third-order valence-corrected chi connectivity index (χ3v) is 5.89. The smallest absolute Gasteiger partial charge is 0.250 e. The molecule has 1 heterocycles. The van der Waals surface area contributed by atoms with Gasteiger partial charge in [0.1, 0.15) is 18.1 Å². The average Bonchev–Trinajstić information content (AvgIpc) is 2.71. The van der Waals surface area contributed by atoms with Gasteiger partial charge in [0.05, 0.1) is 5.52 Å². The van der Waals surface area contributed by atoms with E-state index in [-0.39, 0.29) is 11.5 Å². The van der Waals surface area contributed by atoms with Crippen molar-refractivity contribution in [3.8, 4) is 5.75 Å².